The van der Waals surface area contributed by atoms with Gasteiger partial charge < -0.3 is 15.2 Å². The average Bonchev–Trinajstić information content (AvgIpc) is 3.43. The molecule has 1 amide bonds. The maximum absolute atomic E-state index is 14.4. The molecule has 2 heterocycles. The van der Waals surface area contributed by atoms with Crippen LogP contribution in [0.25, 0.3) is 21.8 Å². The Morgan fingerprint density at radius 2 is 1.94 bits per heavy atom. The van der Waals surface area contributed by atoms with Gasteiger partial charge in [-0.3, -0.25) is 4.79 Å². The molecule has 4 rings (SSSR count). The van der Waals surface area contributed by atoms with E-state index in [1.165, 1.54) is 22.7 Å². The van der Waals surface area contributed by atoms with Crippen LogP contribution in [0.5, 0.6) is 11.5 Å². The van der Waals surface area contributed by atoms with E-state index in [0.29, 0.717) is 10.7 Å². The van der Waals surface area contributed by atoms with Gasteiger partial charge in [-0.15, -0.1) is 22.7 Å². The van der Waals surface area contributed by atoms with Crippen molar-refractivity contribution in [3.05, 3.63) is 69.5 Å². The lowest BCUT2D eigenvalue weighted by atomic mass is 10.1. The maximum atomic E-state index is 14.4. The Morgan fingerprint density at radius 1 is 1.16 bits per heavy atom. The number of ether oxygens (including phenoxy) is 2. The number of primary amides is 1. The van der Waals surface area contributed by atoms with Gasteiger partial charge in [-0.1, -0.05) is 0 Å². The Bertz CT molecular complexity index is 1230. The van der Waals surface area contributed by atoms with Gasteiger partial charge in [-0.2, -0.15) is 0 Å². The monoisotopic (exact) mass is 459 g/mol. The summed E-state index contributed by atoms with van der Waals surface area (Å²) in [4.78, 5) is 21.2. The minimum Gasteiger partial charge on any atom is -0.497 e. The Kier molecular flexibility index (Phi) is 5.92. The first-order chi connectivity index (χ1) is 15.0. The van der Waals surface area contributed by atoms with Gasteiger partial charge in [0.1, 0.15) is 28.7 Å². The third-order valence-electron chi connectivity index (χ3n) is 4.35. The van der Waals surface area contributed by atoms with Crippen LogP contribution in [-0.4, -0.2) is 23.0 Å². The lowest BCUT2D eigenvalue weighted by Gasteiger charge is -2.08. The van der Waals surface area contributed by atoms with E-state index in [9.17, 15) is 13.6 Å². The van der Waals surface area contributed by atoms with Gasteiger partial charge in [-0.25, -0.2) is 18.7 Å². The number of halogens is 2. The fourth-order valence-corrected chi connectivity index (χ4v) is 4.46. The van der Waals surface area contributed by atoms with Crippen LogP contribution >= 0.6 is 22.7 Å². The van der Waals surface area contributed by atoms with Crippen LogP contribution in [0, 0.1) is 11.6 Å². The molecule has 0 saturated carbocycles. The van der Waals surface area contributed by atoms with E-state index >= 15 is 0 Å². The van der Waals surface area contributed by atoms with Crippen molar-refractivity contribution in [1.29, 1.82) is 0 Å². The third kappa shape index (κ3) is 4.25. The largest absolute Gasteiger partial charge is 0.497 e. The summed E-state index contributed by atoms with van der Waals surface area (Å²) in [6.45, 7) is -0.0846. The molecule has 158 valence electrons. The van der Waals surface area contributed by atoms with E-state index in [-0.39, 0.29) is 12.4 Å². The molecular weight excluding hydrogens is 444 g/mol. The summed E-state index contributed by atoms with van der Waals surface area (Å²) < 4.78 is 38.8. The van der Waals surface area contributed by atoms with E-state index < -0.39 is 23.1 Å². The number of nitrogens with zero attached hydrogens (tertiary/aromatic N) is 2. The summed E-state index contributed by atoms with van der Waals surface area (Å²) in [7, 11) is 1.59. The van der Waals surface area contributed by atoms with Crippen molar-refractivity contribution in [2.75, 3.05) is 7.11 Å². The zero-order valence-electron chi connectivity index (χ0n) is 16.1. The number of carbonyl (C=O) groups is 1. The van der Waals surface area contributed by atoms with Crippen LogP contribution in [0.4, 0.5) is 8.78 Å². The molecule has 0 spiro atoms. The van der Waals surface area contributed by atoms with Gasteiger partial charge in [-0.05, 0) is 36.4 Å². The second kappa shape index (κ2) is 8.78. The topological polar surface area (TPSA) is 87.3 Å². The molecule has 0 bridgehead atoms. The van der Waals surface area contributed by atoms with Crippen molar-refractivity contribution in [3.63, 3.8) is 0 Å². The zero-order valence-corrected chi connectivity index (χ0v) is 17.7. The van der Waals surface area contributed by atoms with Crippen LogP contribution in [0.1, 0.15) is 15.4 Å². The predicted octanol–water partition coefficient (Wildman–Crippen LogP) is 4.90. The number of nitrogens with two attached hydrogens (primary N) is 1. The molecule has 0 fully saturated rings. The molecule has 0 saturated heterocycles. The normalized spacial score (nSPS) is 10.8. The van der Waals surface area contributed by atoms with E-state index in [1.807, 2.05) is 29.6 Å². The second-order valence-electron chi connectivity index (χ2n) is 6.27. The Hall–Kier alpha value is -3.37. The first-order valence-electron chi connectivity index (χ1n) is 8.91. The zero-order chi connectivity index (χ0) is 22.0. The van der Waals surface area contributed by atoms with Crippen molar-refractivity contribution >= 4 is 28.6 Å². The smallest absolute Gasteiger partial charge is 0.254 e. The molecule has 4 aromatic rings. The predicted molar refractivity (Wildman–Crippen MR) is 114 cm³/mol. The summed E-state index contributed by atoms with van der Waals surface area (Å²) in [5.41, 5.74) is 8.27. The van der Waals surface area contributed by atoms with Crippen molar-refractivity contribution in [3.8, 4) is 33.3 Å². The summed E-state index contributed by atoms with van der Waals surface area (Å²) in [6, 6.07) is 9.46. The number of carbonyl (C=O) groups excluding carboxylic acids is 1. The molecule has 0 aliphatic heterocycles. The highest BCUT2D eigenvalue weighted by atomic mass is 32.1. The first kappa shape index (κ1) is 20.9. The molecule has 2 aromatic heterocycles. The molecule has 0 unspecified atom stereocenters. The first-order valence-corrected chi connectivity index (χ1v) is 10.7. The standard InChI is InChI=1S/C21H15F2N3O3S2/c1-28-12-4-2-11(3-5-12)19-20(14-9-30-10-25-14)31-16(26-19)8-29-15-7-6-13(22)17(18(15)23)21(24)27/h2-7,9-10H,8H2,1H3,(H2,24,27). The molecule has 2 N–H and O–H groups in total. The average molecular weight is 459 g/mol. The minimum atomic E-state index is -1.21. The highest BCUT2D eigenvalue weighted by Crippen LogP contribution is 2.37. The van der Waals surface area contributed by atoms with Crippen LogP contribution in [-0.2, 0) is 6.61 Å². The molecular formula is C21H15F2N3O3S2. The number of methoxy groups -OCH3 is 1. The van der Waals surface area contributed by atoms with Crippen molar-refractivity contribution in [1.82, 2.24) is 9.97 Å². The molecule has 6 nitrogen and oxygen atoms in total. The number of hydrogen-bond donors (Lipinski definition) is 1. The van der Waals surface area contributed by atoms with Crippen molar-refractivity contribution in [2.45, 2.75) is 6.61 Å². The number of aromatic nitrogens is 2. The van der Waals surface area contributed by atoms with Gasteiger partial charge in [0.05, 0.1) is 28.9 Å². The summed E-state index contributed by atoms with van der Waals surface area (Å²) in [5, 5.41) is 2.46. The second-order valence-corrected chi connectivity index (χ2v) is 8.08. The maximum Gasteiger partial charge on any atom is 0.254 e. The lowest BCUT2D eigenvalue weighted by molar-refractivity contribution is 0.0991. The lowest BCUT2D eigenvalue weighted by Crippen LogP contribution is -2.16. The van der Waals surface area contributed by atoms with Crippen LogP contribution in [0.15, 0.2) is 47.3 Å². The summed E-state index contributed by atoms with van der Waals surface area (Å²) >= 11 is 2.81. The van der Waals surface area contributed by atoms with Crippen molar-refractivity contribution < 1.29 is 23.0 Å². The minimum absolute atomic E-state index is 0.0846. The number of amides is 1. The van der Waals surface area contributed by atoms with Gasteiger partial charge >= 0.3 is 0 Å². The molecule has 0 radical (unpaired) electrons. The Morgan fingerprint density at radius 3 is 2.58 bits per heavy atom. The van der Waals surface area contributed by atoms with Crippen molar-refractivity contribution in [2.24, 2.45) is 5.73 Å². The van der Waals surface area contributed by atoms with Gasteiger partial charge in [0.2, 0.25) is 0 Å². The fourth-order valence-electron chi connectivity index (χ4n) is 2.88. The van der Waals surface area contributed by atoms with Gasteiger partial charge in [0.25, 0.3) is 5.91 Å². The molecule has 0 aliphatic carbocycles. The Labute approximate surface area is 183 Å². The number of benzene rings is 2. The molecule has 2 aromatic carbocycles. The quantitative estimate of drug-likeness (QED) is 0.425. The van der Waals surface area contributed by atoms with Gasteiger partial charge in [0, 0.05) is 10.9 Å². The van der Waals surface area contributed by atoms with E-state index in [4.69, 9.17) is 15.2 Å². The molecule has 0 aliphatic rings. The van der Waals surface area contributed by atoms with Gasteiger partial charge in [0.15, 0.2) is 11.6 Å². The Balaban J connectivity index is 1.66. The fraction of sp³-hybridized carbons (Fsp3) is 0.0952. The SMILES string of the molecule is COc1ccc(-c2nc(COc3ccc(F)c(C(N)=O)c3F)sc2-c2cscn2)cc1. The van der Waals surface area contributed by atoms with Crippen LogP contribution < -0.4 is 15.2 Å². The van der Waals surface area contributed by atoms with E-state index in [1.54, 1.807) is 12.6 Å². The highest BCUT2D eigenvalue weighted by Gasteiger charge is 2.21. The molecule has 10 heteroatoms. The molecule has 31 heavy (non-hydrogen) atoms. The van der Waals surface area contributed by atoms with E-state index in [0.717, 1.165) is 34.0 Å². The summed E-state index contributed by atoms with van der Waals surface area (Å²) in [5.74, 6) is -2.96. The molecule has 0 atom stereocenters. The number of hydrogen-bond acceptors (Lipinski definition) is 7. The van der Waals surface area contributed by atoms with E-state index in [2.05, 4.69) is 9.97 Å². The summed E-state index contributed by atoms with van der Waals surface area (Å²) in [6.07, 6.45) is 0. The number of rotatable bonds is 7. The highest BCUT2D eigenvalue weighted by molar-refractivity contribution is 7.16. The van der Waals surface area contributed by atoms with Crippen LogP contribution in [0.2, 0.25) is 0 Å². The third-order valence-corrected chi connectivity index (χ3v) is 5.99. The van der Waals surface area contributed by atoms with Crippen LogP contribution in [0.3, 0.4) is 0 Å². The number of thiazole rings is 2.